The van der Waals surface area contributed by atoms with Crippen molar-refractivity contribution in [2.24, 2.45) is 7.05 Å². The quantitative estimate of drug-likeness (QED) is 0.732. The monoisotopic (exact) mass is 357 g/mol. The van der Waals surface area contributed by atoms with Crippen LogP contribution in [0.1, 0.15) is 33.0 Å². The van der Waals surface area contributed by atoms with Crippen molar-refractivity contribution in [3.8, 4) is 0 Å². The molecule has 0 aliphatic carbocycles. The van der Waals surface area contributed by atoms with Crippen LogP contribution in [0.2, 0.25) is 0 Å². The Morgan fingerprint density at radius 2 is 2.04 bits per heavy atom. The third-order valence-electron chi connectivity index (χ3n) is 4.27. The molecule has 0 aliphatic rings. The van der Waals surface area contributed by atoms with E-state index in [2.05, 4.69) is 10.4 Å². The Balaban J connectivity index is 1.68. The molecule has 0 saturated heterocycles. The molecule has 7 heteroatoms. The highest BCUT2D eigenvalue weighted by molar-refractivity contribution is 7.20. The molecule has 130 valence electrons. The van der Waals surface area contributed by atoms with Gasteiger partial charge in [-0.15, -0.1) is 11.3 Å². The molecular formula is C18H19N3O3S. The first-order chi connectivity index (χ1) is 11.8. The molecular weight excluding hydrogens is 338 g/mol. The van der Waals surface area contributed by atoms with Crippen LogP contribution in [0, 0.1) is 13.8 Å². The lowest BCUT2D eigenvalue weighted by molar-refractivity contribution is -0.116. The van der Waals surface area contributed by atoms with E-state index in [-0.39, 0.29) is 5.91 Å². The number of nitrogens with zero attached hydrogens (tertiary/aromatic N) is 2. The molecule has 0 saturated carbocycles. The van der Waals surface area contributed by atoms with Gasteiger partial charge in [0.2, 0.25) is 5.91 Å². The number of amides is 1. The van der Waals surface area contributed by atoms with Gasteiger partial charge in [-0.3, -0.25) is 9.48 Å². The summed E-state index contributed by atoms with van der Waals surface area (Å²) in [5.74, 6) is -1.01. The Labute approximate surface area is 149 Å². The molecule has 25 heavy (non-hydrogen) atoms. The third-order valence-corrected chi connectivity index (χ3v) is 5.38. The van der Waals surface area contributed by atoms with E-state index in [0.717, 1.165) is 27.0 Å². The van der Waals surface area contributed by atoms with E-state index in [9.17, 15) is 9.59 Å². The maximum Gasteiger partial charge on any atom is 0.345 e. The number of hydrogen-bond donors (Lipinski definition) is 2. The summed E-state index contributed by atoms with van der Waals surface area (Å²) < 4.78 is 2.71. The molecule has 0 atom stereocenters. The second kappa shape index (κ2) is 6.68. The van der Waals surface area contributed by atoms with Crippen LogP contribution in [0.25, 0.3) is 10.1 Å². The van der Waals surface area contributed by atoms with Gasteiger partial charge in [-0.05, 0) is 55.5 Å². The topological polar surface area (TPSA) is 84.2 Å². The maximum absolute atomic E-state index is 12.2. The molecule has 0 radical (unpaired) electrons. The molecule has 2 heterocycles. The second-order valence-electron chi connectivity index (χ2n) is 5.99. The predicted molar refractivity (Wildman–Crippen MR) is 98.4 cm³/mol. The van der Waals surface area contributed by atoms with Gasteiger partial charge in [0.1, 0.15) is 4.88 Å². The van der Waals surface area contributed by atoms with E-state index in [1.165, 1.54) is 11.3 Å². The van der Waals surface area contributed by atoms with Crippen LogP contribution < -0.4 is 5.32 Å². The van der Waals surface area contributed by atoms with Crippen LogP contribution in [-0.4, -0.2) is 26.8 Å². The number of fused-ring (bicyclic) bond motifs is 1. The normalized spacial score (nSPS) is 11.0. The number of thiophene rings is 1. The van der Waals surface area contributed by atoms with Crippen molar-refractivity contribution in [1.82, 2.24) is 9.78 Å². The van der Waals surface area contributed by atoms with Crippen molar-refractivity contribution in [1.29, 1.82) is 0 Å². The summed E-state index contributed by atoms with van der Waals surface area (Å²) >= 11 is 1.22. The lowest BCUT2D eigenvalue weighted by Crippen LogP contribution is -2.12. The number of carboxylic acids is 1. The van der Waals surface area contributed by atoms with Gasteiger partial charge in [0.05, 0.1) is 5.69 Å². The zero-order valence-corrected chi connectivity index (χ0v) is 15.1. The van der Waals surface area contributed by atoms with Crippen LogP contribution >= 0.6 is 11.3 Å². The van der Waals surface area contributed by atoms with Gasteiger partial charge in [0, 0.05) is 29.5 Å². The summed E-state index contributed by atoms with van der Waals surface area (Å²) in [6.45, 7) is 3.95. The lowest BCUT2D eigenvalue weighted by Gasteiger charge is -2.06. The summed E-state index contributed by atoms with van der Waals surface area (Å²) in [7, 11) is 1.90. The maximum atomic E-state index is 12.2. The van der Waals surface area contributed by atoms with Crippen LogP contribution in [0.3, 0.4) is 0 Å². The van der Waals surface area contributed by atoms with Gasteiger partial charge in [-0.1, -0.05) is 0 Å². The first-order valence-electron chi connectivity index (χ1n) is 7.91. The number of carbonyl (C=O) groups excluding carboxylic acids is 1. The molecule has 0 aliphatic heterocycles. The average molecular weight is 357 g/mol. The smallest absolute Gasteiger partial charge is 0.345 e. The van der Waals surface area contributed by atoms with Crippen LogP contribution in [0.4, 0.5) is 5.69 Å². The molecule has 0 fully saturated rings. The number of nitrogens with one attached hydrogen (secondary N) is 1. The minimum atomic E-state index is -0.936. The summed E-state index contributed by atoms with van der Waals surface area (Å²) in [6, 6.07) is 7.05. The Kier molecular flexibility index (Phi) is 4.59. The summed E-state index contributed by atoms with van der Waals surface area (Å²) in [6.07, 6.45) is 1.01. The van der Waals surface area contributed by atoms with Gasteiger partial charge < -0.3 is 10.4 Å². The van der Waals surface area contributed by atoms with Gasteiger partial charge in [0.25, 0.3) is 0 Å². The van der Waals surface area contributed by atoms with Crippen molar-refractivity contribution in [2.75, 3.05) is 5.32 Å². The fourth-order valence-electron chi connectivity index (χ4n) is 2.87. The largest absolute Gasteiger partial charge is 0.477 e. The number of aromatic nitrogens is 2. The summed E-state index contributed by atoms with van der Waals surface area (Å²) in [5, 5.41) is 17.1. The molecule has 0 bridgehead atoms. The molecule has 3 aromatic rings. The molecule has 2 N–H and O–H groups in total. The van der Waals surface area contributed by atoms with Gasteiger partial charge in [-0.2, -0.15) is 5.10 Å². The Hall–Kier alpha value is -2.67. The molecule has 1 aromatic carbocycles. The highest BCUT2D eigenvalue weighted by atomic mass is 32.1. The number of carboxylic acid groups (broad SMARTS) is 1. The molecule has 2 aromatic heterocycles. The molecule has 6 nitrogen and oxygen atoms in total. The highest BCUT2D eigenvalue weighted by Crippen LogP contribution is 2.28. The number of rotatable bonds is 5. The van der Waals surface area contributed by atoms with E-state index in [1.54, 1.807) is 18.2 Å². The van der Waals surface area contributed by atoms with Crippen LogP contribution in [-0.2, 0) is 18.3 Å². The third kappa shape index (κ3) is 3.56. The Morgan fingerprint density at radius 1 is 1.28 bits per heavy atom. The van der Waals surface area contributed by atoms with E-state index in [4.69, 9.17) is 5.11 Å². The number of aromatic carboxylic acids is 1. The second-order valence-corrected chi connectivity index (χ2v) is 7.07. The Morgan fingerprint density at radius 3 is 2.68 bits per heavy atom. The van der Waals surface area contributed by atoms with Crippen molar-refractivity contribution < 1.29 is 14.7 Å². The lowest BCUT2D eigenvalue weighted by atomic mass is 10.1. The van der Waals surface area contributed by atoms with Crippen molar-refractivity contribution in [3.63, 3.8) is 0 Å². The molecule has 3 rings (SSSR count). The zero-order valence-electron chi connectivity index (χ0n) is 14.3. The average Bonchev–Trinajstić information content (AvgIpc) is 3.07. The minimum Gasteiger partial charge on any atom is -0.477 e. The van der Waals surface area contributed by atoms with Crippen molar-refractivity contribution >= 4 is 39.0 Å². The van der Waals surface area contributed by atoms with Crippen molar-refractivity contribution in [3.05, 3.63) is 46.1 Å². The fourth-order valence-corrected chi connectivity index (χ4v) is 3.75. The highest BCUT2D eigenvalue weighted by Gasteiger charge is 2.12. The van der Waals surface area contributed by atoms with E-state index in [1.807, 2.05) is 31.6 Å². The van der Waals surface area contributed by atoms with Crippen molar-refractivity contribution in [2.45, 2.75) is 26.7 Å². The SMILES string of the molecule is Cc1nn(C)c(C)c1CCC(=O)Nc1ccc2sc(C(=O)O)cc2c1. The summed E-state index contributed by atoms with van der Waals surface area (Å²) in [5.41, 5.74) is 3.81. The number of anilines is 1. The number of aryl methyl sites for hydroxylation is 2. The summed E-state index contributed by atoms with van der Waals surface area (Å²) in [4.78, 5) is 23.6. The van der Waals surface area contributed by atoms with Gasteiger partial charge in [0.15, 0.2) is 0 Å². The molecule has 0 spiro atoms. The first kappa shape index (κ1) is 17.2. The van der Waals surface area contributed by atoms with Crippen LogP contribution in [0.15, 0.2) is 24.3 Å². The van der Waals surface area contributed by atoms with E-state index in [0.29, 0.717) is 23.4 Å². The molecule has 0 unspecified atom stereocenters. The number of hydrogen-bond acceptors (Lipinski definition) is 4. The van der Waals surface area contributed by atoms with E-state index < -0.39 is 5.97 Å². The fraction of sp³-hybridized carbons (Fsp3) is 0.278. The minimum absolute atomic E-state index is 0.0734. The number of benzene rings is 1. The van der Waals surface area contributed by atoms with Crippen LogP contribution in [0.5, 0.6) is 0 Å². The molecule has 1 amide bonds. The first-order valence-corrected chi connectivity index (χ1v) is 8.72. The van der Waals surface area contributed by atoms with Gasteiger partial charge >= 0.3 is 5.97 Å². The van der Waals surface area contributed by atoms with E-state index >= 15 is 0 Å². The standard InChI is InChI=1S/C18H19N3O3S/c1-10-14(11(2)21(3)20-10)5-7-17(22)19-13-4-6-15-12(8-13)9-16(25-15)18(23)24/h4,6,8-9H,5,7H2,1-3H3,(H,19,22)(H,23,24). The predicted octanol–water partition coefficient (Wildman–Crippen LogP) is 3.52. The Bertz CT molecular complexity index is 972. The van der Waals surface area contributed by atoms with Gasteiger partial charge in [-0.25, -0.2) is 4.79 Å². The number of carbonyl (C=O) groups is 2. The zero-order chi connectivity index (χ0) is 18.1.